The van der Waals surface area contributed by atoms with E-state index in [-0.39, 0.29) is 6.61 Å². The largest absolute Gasteiger partial charge is 0.497 e. The first-order chi connectivity index (χ1) is 15.1. The summed E-state index contributed by atoms with van der Waals surface area (Å²) in [6.07, 6.45) is 2.05. The Balaban J connectivity index is 1.38. The number of thiophene rings is 1. The van der Waals surface area contributed by atoms with Crippen molar-refractivity contribution in [1.29, 1.82) is 5.26 Å². The van der Waals surface area contributed by atoms with Crippen molar-refractivity contribution in [2.24, 2.45) is 0 Å². The number of hydrogen-bond donors (Lipinski definition) is 1. The molecule has 4 rings (SSSR count). The van der Waals surface area contributed by atoms with Crippen LogP contribution in [0.25, 0.3) is 10.4 Å². The number of anilines is 1. The lowest BCUT2D eigenvalue weighted by molar-refractivity contribution is -0.119. The van der Waals surface area contributed by atoms with E-state index in [9.17, 15) is 9.59 Å². The Hall–Kier alpha value is -3.63. The number of ether oxygens (including phenoxy) is 2. The molecule has 1 aliphatic carbocycles. The van der Waals surface area contributed by atoms with Crippen molar-refractivity contribution in [3.05, 3.63) is 70.1 Å². The zero-order valence-electron chi connectivity index (χ0n) is 16.9. The number of nitrogens with one attached hydrogen (secondary N) is 1. The molecule has 0 aliphatic heterocycles. The number of nitriles is 1. The molecule has 0 saturated heterocycles. The van der Waals surface area contributed by atoms with Crippen molar-refractivity contribution in [1.82, 2.24) is 0 Å². The minimum Gasteiger partial charge on any atom is -0.497 e. The van der Waals surface area contributed by atoms with Crippen molar-refractivity contribution in [2.45, 2.75) is 19.3 Å². The molecule has 0 bridgehead atoms. The van der Waals surface area contributed by atoms with Crippen LogP contribution in [0.2, 0.25) is 0 Å². The number of carbonyl (C=O) groups is 2. The summed E-state index contributed by atoms with van der Waals surface area (Å²) >= 11 is 1.39. The smallest absolute Gasteiger partial charge is 0.348 e. The molecule has 156 valence electrons. The number of nitrogens with zero attached hydrogens (tertiary/aromatic N) is 1. The van der Waals surface area contributed by atoms with Crippen LogP contribution >= 0.6 is 11.3 Å². The van der Waals surface area contributed by atoms with E-state index < -0.39 is 11.9 Å². The Bertz CT molecular complexity index is 1180. The predicted molar refractivity (Wildman–Crippen MR) is 118 cm³/mol. The molecule has 0 unspecified atom stereocenters. The van der Waals surface area contributed by atoms with Gasteiger partial charge in [-0.25, -0.2) is 4.79 Å². The average Bonchev–Trinajstić information content (AvgIpc) is 3.23. The van der Waals surface area contributed by atoms with E-state index in [1.807, 2.05) is 24.3 Å². The highest BCUT2D eigenvalue weighted by molar-refractivity contribution is 7.17. The van der Waals surface area contributed by atoms with Gasteiger partial charge < -0.3 is 14.8 Å². The third-order valence-corrected chi connectivity index (χ3v) is 6.28. The molecule has 0 saturated carbocycles. The topological polar surface area (TPSA) is 88.4 Å². The van der Waals surface area contributed by atoms with Crippen molar-refractivity contribution in [3.8, 4) is 22.3 Å². The van der Waals surface area contributed by atoms with Gasteiger partial charge in [-0.2, -0.15) is 5.26 Å². The van der Waals surface area contributed by atoms with Gasteiger partial charge in [0.15, 0.2) is 6.61 Å². The third-order valence-electron chi connectivity index (χ3n) is 5.09. The fourth-order valence-corrected chi connectivity index (χ4v) is 4.70. The van der Waals surface area contributed by atoms with Crippen LogP contribution in [-0.2, 0) is 28.8 Å². The molecule has 2 aromatic carbocycles. The van der Waals surface area contributed by atoms with Gasteiger partial charge in [0.2, 0.25) is 0 Å². The first-order valence-electron chi connectivity index (χ1n) is 9.80. The zero-order valence-corrected chi connectivity index (χ0v) is 17.8. The molecule has 0 fully saturated rings. The molecule has 1 heterocycles. The molecule has 1 aromatic heterocycles. The summed E-state index contributed by atoms with van der Waals surface area (Å²) < 4.78 is 10.5. The lowest BCUT2D eigenvalue weighted by atomic mass is 9.91. The van der Waals surface area contributed by atoms with Crippen LogP contribution < -0.4 is 10.1 Å². The van der Waals surface area contributed by atoms with E-state index in [1.165, 1.54) is 16.9 Å². The molecule has 1 N–H and O–H groups in total. The second-order valence-electron chi connectivity index (χ2n) is 7.14. The van der Waals surface area contributed by atoms with E-state index >= 15 is 0 Å². The first kappa shape index (κ1) is 20.6. The quantitative estimate of drug-likeness (QED) is 0.584. The number of benzene rings is 2. The van der Waals surface area contributed by atoms with Gasteiger partial charge in [-0.05, 0) is 71.5 Å². The molecule has 1 amide bonds. The van der Waals surface area contributed by atoms with Crippen LogP contribution in [0.15, 0.2) is 48.5 Å². The van der Waals surface area contributed by atoms with Crippen molar-refractivity contribution in [2.75, 3.05) is 19.0 Å². The first-order valence-corrected chi connectivity index (χ1v) is 10.6. The van der Waals surface area contributed by atoms with Gasteiger partial charge >= 0.3 is 5.97 Å². The van der Waals surface area contributed by atoms with Crippen LogP contribution in [-0.4, -0.2) is 25.6 Å². The average molecular weight is 433 g/mol. The number of rotatable bonds is 6. The van der Waals surface area contributed by atoms with Gasteiger partial charge in [-0.3, -0.25) is 4.79 Å². The SMILES string of the molecule is COc1ccc2c(c1)CCc1cc(C(=O)OCC(=O)Nc3ccc(CC#N)cc3)sc1-2. The molecule has 7 heteroatoms. The maximum atomic E-state index is 12.5. The molecule has 0 radical (unpaired) electrons. The zero-order chi connectivity index (χ0) is 21.8. The van der Waals surface area contributed by atoms with Gasteiger partial charge in [0.25, 0.3) is 5.91 Å². The van der Waals surface area contributed by atoms with E-state index in [0.29, 0.717) is 17.0 Å². The maximum Gasteiger partial charge on any atom is 0.348 e. The molecule has 1 aliphatic rings. The molecule has 0 spiro atoms. The number of fused-ring (bicyclic) bond motifs is 3. The summed E-state index contributed by atoms with van der Waals surface area (Å²) in [7, 11) is 1.65. The minimum atomic E-state index is -0.506. The van der Waals surface area contributed by atoms with E-state index in [2.05, 4.69) is 11.4 Å². The Morgan fingerprint density at radius 2 is 1.87 bits per heavy atom. The second kappa shape index (κ2) is 9.02. The minimum absolute atomic E-state index is 0.314. The van der Waals surface area contributed by atoms with E-state index in [1.54, 1.807) is 31.4 Å². The summed E-state index contributed by atoms with van der Waals surface area (Å²) in [4.78, 5) is 26.2. The summed E-state index contributed by atoms with van der Waals surface area (Å²) in [5.74, 6) is -0.0989. The fraction of sp³-hybridized carbons (Fsp3) is 0.208. The number of aryl methyl sites for hydroxylation is 2. The fourth-order valence-electron chi connectivity index (χ4n) is 3.53. The monoisotopic (exact) mass is 432 g/mol. The van der Waals surface area contributed by atoms with Crippen LogP contribution in [0.3, 0.4) is 0 Å². The van der Waals surface area contributed by atoms with Gasteiger partial charge in [0.1, 0.15) is 10.6 Å². The van der Waals surface area contributed by atoms with E-state index in [0.717, 1.165) is 40.2 Å². The highest BCUT2D eigenvalue weighted by Crippen LogP contribution is 2.41. The Labute approximate surface area is 184 Å². The molecular formula is C24H20N2O4S. The molecule has 3 aromatic rings. The number of methoxy groups -OCH3 is 1. The Morgan fingerprint density at radius 3 is 2.61 bits per heavy atom. The molecule has 0 atom stereocenters. The lowest BCUT2D eigenvalue weighted by Crippen LogP contribution is -2.20. The van der Waals surface area contributed by atoms with Gasteiger partial charge in [-0.1, -0.05) is 12.1 Å². The van der Waals surface area contributed by atoms with Crippen molar-refractivity contribution >= 4 is 28.9 Å². The van der Waals surface area contributed by atoms with E-state index in [4.69, 9.17) is 14.7 Å². The van der Waals surface area contributed by atoms with Crippen molar-refractivity contribution in [3.63, 3.8) is 0 Å². The maximum absolute atomic E-state index is 12.5. The van der Waals surface area contributed by atoms with Crippen LogP contribution in [0.4, 0.5) is 5.69 Å². The number of hydrogen-bond acceptors (Lipinski definition) is 6. The van der Waals surface area contributed by atoms with Gasteiger partial charge in [0.05, 0.1) is 19.6 Å². The van der Waals surface area contributed by atoms with Crippen LogP contribution in [0, 0.1) is 11.3 Å². The lowest BCUT2D eigenvalue weighted by Gasteiger charge is -2.16. The van der Waals surface area contributed by atoms with Crippen LogP contribution in [0.5, 0.6) is 5.75 Å². The summed E-state index contributed by atoms with van der Waals surface area (Å²) in [6.45, 7) is -0.366. The van der Waals surface area contributed by atoms with Crippen LogP contribution in [0.1, 0.15) is 26.4 Å². The summed E-state index contributed by atoms with van der Waals surface area (Å²) in [6, 6.07) is 16.9. The summed E-state index contributed by atoms with van der Waals surface area (Å²) in [5, 5.41) is 11.4. The Morgan fingerprint density at radius 1 is 1.10 bits per heavy atom. The summed E-state index contributed by atoms with van der Waals surface area (Å²) in [5.41, 5.74) is 4.89. The predicted octanol–water partition coefficient (Wildman–Crippen LogP) is 4.38. The molecule has 6 nitrogen and oxygen atoms in total. The number of amides is 1. The van der Waals surface area contributed by atoms with Gasteiger partial charge in [-0.15, -0.1) is 11.3 Å². The number of esters is 1. The third kappa shape index (κ3) is 4.60. The van der Waals surface area contributed by atoms with Crippen molar-refractivity contribution < 1.29 is 19.1 Å². The molecular weight excluding hydrogens is 412 g/mol. The highest BCUT2D eigenvalue weighted by atomic mass is 32.1. The normalized spacial score (nSPS) is 11.6. The second-order valence-corrected chi connectivity index (χ2v) is 8.20. The number of carbonyl (C=O) groups excluding carboxylic acids is 2. The highest BCUT2D eigenvalue weighted by Gasteiger charge is 2.23. The standard InChI is InChI=1S/C24H20N2O4S/c1-29-19-8-9-20-16(12-19)4-5-17-13-21(31-23(17)20)24(28)30-14-22(27)26-18-6-2-15(3-7-18)10-11-25/h2-3,6-9,12-13H,4-5,10,14H2,1H3,(H,26,27). The Kier molecular flexibility index (Phi) is 6.01. The molecule has 31 heavy (non-hydrogen) atoms. The van der Waals surface area contributed by atoms with Gasteiger partial charge in [0, 0.05) is 10.6 Å².